The van der Waals surface area contributed by atoms with E-state index in [1.165, 1.54) is 28.0 Å². The Kier molecular flexibility index (Phi) is 12.7. The number of ether oxygens (including phenoxy) is 2. The van der Waals surface area contributed by atoms with Gasteiger partial charge in [0.05, 0.1) is 10.0 Å². The summed E-state index contributed by atoms with van der Waals surface area (Å²) in [5.41, 5.74) is 6.52. The maximum atomic E-state index is 12.0. The van der Waals surface area contributed by atoms with E-state index >= 15 is 0 Å². The summed E-state index contributed by atoms with van der Waals surface area (Å²) in [5, 5.41) is 13.6. The Morgan fingerprint density at radius 2 is 1.74 bits per heavy atom. The number of halogens is 2. The van der Waals surface area contributed by atoms with Crippen molar-refractivity contribution in [2.45, 2.75) is 38.5 Å². The molecule has 15 heteroatoms. The van der Waals surface area contributed by atoms with Crippen molar-refractivity contribution < 1.29 is 23.9 Å². The fourth-order valence-corrected chi connectivity index (χ4v) is 6.14. The third kappa shape index (κ3) is 9.89. The molecule has 0 saturated heterocycles. The molecule has 2 amide bonds. The lowest BCUT2D eigenvalue weighted by Crippen LogP contribution is -2.39. The molecule has 39 heavy (non-hydrogen) atoms. The standard InChI is InChI=1S/C24H30Cl2N6O5S2/c25-17-6-4-5-16(18(17)26)19-20(27)29-21(32-31-19)30-23(35)37-12-14-39-38-13-11-36-22(34)28-15-24(9-10-33)7-2-1-3-8-24/h4-6,10H,1-3,7-9,11-15H2,(H,28,34)(H3,27,29,30,32,35). The first-order valence-corrected chi connectivity index (χ1v) is 15.5. The van der Waals surface area contributed by atoms with E-state index in [-0.39, 0.29) is 41.1 Å². The minimum Gasteiger partial charge on any atom is -0.449 e. The fraction of sp³-hybridized carbons (Fsp3) is 0.500. The second-order valence-electron chi connectivity index (χ2n) is 8.80. The molecular formula is C24H30Cl2N6O5S2. The summed E-state index contributed by atoms with van der Waals surface area (Å²) >= 11 is 12.2. The molecule has 4 N–H and O–H groups in total. The van der Waals surface area contributed by atoms with E-state index in [2.05, 4.69) is 25.8 Å². The lowest BCUT2D eigenvalue weighted by atomic mass is 9.72. The van der Waals surface area contributed by atoms with Crippen molar-refractivity contribution in [1.29, 1.82) is 0 Å². The monoisotopic (exact) mass is 616 g/mol. The number of amides is 2. The SMILES string of the molecule is Nc1nc(NC(=O)OCCSSCCOC(=O)NCC2(CC=O)CCCCC2)nnc1-c1cccc(Cl)c1Cl. The maximum absolute atomic E-state index is 12.0. The molecular weight excluding hydrogens is 587 g/mol. The van der Waals surface area contributed by atoms with E-state index in [9.17, 15) is 14.4 Å². The second kappa shape index (κ2) is 15.9. The van der Waals surface area contributed by atoms with Crippen LogP contribution < -0.4 is 16.4 Å². The van der Waals surface area contributed by atoms with Crippen molar-refractivity contribution in [1.82, 2.24) is 20.5 Å². The summed E-state index contributed by atoms with van der Waals surface area (Å²) in [6.07, 6.45) is 5.41. The number of nitrogens with zero attached hydrogens (tertiary/aromatic N) is 3. The molecule has 2 aromatic rings. The van der Waals surface area contributed by atoms with Gasteiger partial charge in [-0.15, -0.1) is 10.2 Å². The molecule has 0 atom stereocenters. The van der Waals surface area contributed by atoms with Crippen LogP contribution in [0.2, 0.25) is 10.0 Å². The summed E-state index contributed by atoms with van der Waals surface area (Å²) in [6.45, 7) is 0.844. The molecule has 1 fully saturated rings. The highest BCUT2D eigenvalue weighted by Crippen LogP contribution is 2.38. The molecule has 1 saturated carbocycles. The van der Waals surface area contributed by atoms with Crippen molar-refractivity contribution in [3.8, 4) is 11.3 Å². The zero-order chi connectivity index (χ0) is 28.1. The summed E-state index contributed by atoms with van der Waals surface area (Å²) < 4.78 is 10.3. The van der Waals surface area contributed by atoms with E-state index in [0.717, 1.165) is 32.0 Å². The quantitative estimate of drug-likeness (QED) is 0.145. The normalized spacial score (nSPS) is 14.3. The molecule has 3 rings (SSSR count). The van der Waals surface area contributed by atoms with Crippen molar-refractivity contribution in [2.75, 3.05) is 42.3 Å². The van der Waals surface area contributed by atoms with Crippen LogP contribution in [0.25, 0.3) is 11.3 Å². The Morgan fingerprint density at radius 1 is 1.05 bits per heavy atom. The van der Waals surface area contributed by atoms with Gasteiger partial charge in [0.25, 0.3) is 5.95 Å². The third-order valence-corrected chi connectivity index (χ3v) is 9.21. The van der Waals surface area contributed by atoms with Gasteiger partial charge in [0.1, 0.15) is 25.2 Å². The van der Waals surface area contributed by atoms with Crippen LogP contribution in [0.15, 0.2) is 18.2 Å². The average Bonchev–Trinajstić information content (AvgIpc) is 2.92. The number of nitrogen functional groups attached to an aromatic ring is 1. The second-order valence-corrected chi connectivity index (χ2v) is 12.3. The Labute approximate surface area is 244 Å². The molecule has 0 aliphatic heterocycles. The Morgan fingerprint density at radius 3 is 2.41 bits per heavy atom. The molecule has 0 spiro atoms. The number of benzene rings is 1. The summed E-state index contributed by atoms with van der Waals surface area (Å²) in [4.78, 5) is 39.1. The summed E-state index contributed by atoms with van der Waals surface area (Å²) in [6, 6.07) is 5.00. The Bertz CT molecular complexity index is 1140. The molecule has 1 aliphatic carbocycles. The van der Waals surface area contributed by atoms with E-state index < -0.39 is 12.2 Å². The number of nitrogens with two attached hydrogens (primary N) is 1. The van der Waals surface area contributed by atoms with Crippen LogP contribution in [-0.2, 0) is 14.3 Å². The van der Waals surface area contributed by atoms with Crippen LogP contribution in [-0.4, -0.2) is 64.9 Å². The molecule has 11 nitrogen and oxygen atoms in total. The van der Waals surface area contributed by atoms with Gasteiger partial charge in [-0.05, 0) is 24.3 Å². The van der Waals surface area contributed by atoms with E-state index in [4.69, 9.17) is 38.4 Å². The molecule has 1 aliphatic rings. The predicted octanol–water partition coefficient (Wildman–Crippen LogP) is 5.62. The van der Waals surface area contributed by atoms with Crippen molar-refractivity contribution >= 4 is 75.0 Å². The highest BCUT2D eigenvalue weighted by atomic mass is 35.5. The Hall–Kier alpha value is -2.48. The number of hydrogen-bond acceptors (Lipinski definition) is 11. The smallest absolute Gasteiger partial charge is 0.414 e. The number of nitrogens with one attached hydrogen (secondary N) is 2. The largest absolute Gasteiger partial charge is 0.449 e. The topological polar surface area (TPSA) is 158 Å². The summed E-state index contributed by atoms with van der Waals surface area (Å²) in [5.74, 6) is 0.997. The van der Waals surface area contributed by atoms with Crippen LogP contribution in [0, 0.1) is 5.41 Å². The van der Waals surface area contributed by atoms with Gasteiger partial charge < -0.3 is 25.3 Å². The zero-order valence-corrected chi connectivity index (χ0v) is 24.3. The lowest BCUT2D eigenvalue weighted by Gasteiger charge is -2.35. The number of carbonyl (C=O) groups excluding carboxylic acids is 3. The highest BCUT2D eigenvalue weighted by molar-refractivity contribution is 8.76. The fourth-order valence-electron chi connectivity index (χ4n) is 4.09. The van der Waals surface area contributed by atoms with Crippen LogP contribution in [0.4, 0.5) is 21.4 Å². The Balaban J connectivity index is 1.26. The van der Waals surface area contributed by atoms with Gasteiger partial charge in [0.15, 0.2) is 5.82 Å². The van der Waals surface area contributed by atoms with Gasteiger partial charge in [-0.3, -0.25) is 5.32 Å². The number of carbonyl (C=O) groups is 3. The highest BCUT2D eigenvalue weighted by Gasteiger charge is 2.32. The van der Waals surface area contributed by atoms with E-state index in [1.807, 2.05) is 0 Å². The van der Waals surface area contributed by atoms with Crippen LogP contribution >= 0.6 is 44.8 Å². The van der Waals surface area contributed by atoms with E-state index in [0.29, 0.717) is 35.1 Å². The lowest BCUT2D eigenvalue weighted by molar-refractivity contribution is -0.110. The molecule has 212 valence electrons. The van der Waals surface area contributed by atoms with Crippen molar-refractivity contribution in [3.63, 3.8) is 0 Å². The first kappa shape index (κ1) is 31.1. The number of anilines is 2. The van der Waals surface area contributed by atoms with Crippen molar-refractivity contribution in [3.05, 3.63) is 28.2 Å². The molecule has 1 heterocycles. The van der Waals surface area contributed by atoms with E-state index in [1.54, 1.807) is 18.2 Å². The molecule has 0 radical (unpaired) electrons. The van der Waals surface area contributed by atoms with Gasteiger partial charge >= 0.3 is 12.2 Å². The van der Waals surface area contributed by atoms with Gasteiger partial charge in [0.2, 0.25) is 0 Å². The molecule has 1 aromatic carbocycles. The first-order chi connectivity index (χ1) is 18.8. The number of rotatable bonds is 13. The zero-order valence-electron chi connectivity index (χ0n) is 21.1. The maximum Gasteiger partial charge on any atom is 0.414 e. The number of alkyl carbamates (subject to hydrolysis) is 1. The molecule has 1 aromatic heterocycles. The molecule has 0 bridgehead atoms. The van der Waals surface area contributed by atoms with Gasteiger partial charge in [-0.1, -0.05) is 76.2 Å². The van der Waals surface area contributed by atoms with Gasteiger partial charge in [-0.25, -0.2) is 9.59 Å². The minimum atomic E-state index is -0.749. The number of hydrogen-bond donors (Lipinski definition) is 3. The number of aromatic nitrogens is 3. The third-order valence-electron chi connectivity index (χ3n) is 6.06. The van der Waals surface area contributed by atoms with Crippen LogP contribution in [0.3, 0.4) is 0 Å². The minimum absolute atomic E-state index is 0.0155. The van der Waals surface area contributed by atoms with Gasteiger partial charge in [0, 0.05) is 30.0 Å². The van der Waals surface area contributed by atoms with Crippen LogP contribution in [0.5, 0.6) is 0 Å². The molecule has 0 unspecified atom stereocenters. The average molecular weight is 618 g/mol. The first-order valence-electron chi connectivity index (χ1n) is 12.3. The summed E-state index contributed by atoms with van der Waals surface area (Å²) in [7, 11) is 2.96. The van der Waals surface area contributed by atoms with Crippen LogP contribution in [0.1, 0.15) is 38.5 Å². The van der Waals surface area contributed by atoms with Crippen molar-refractivity contribution in [2.24, 2.45) is 5.41 Å². The predicted molar refractivity (Wildman–Crippen MR) is 155 cm³/mol. The van der Waals surface area contributed by atoms with Gasteiger partial charge in [-0.2, -0.15) is 4.98 Å². The number of aldehydes is 1.